The number of anilines is 1. The lowest BCUT2D eigenvalue weighted by atomic mass is 10.2. The van der Waals surface area contributed by atoms with Crippen molar-refractivity contribution in [1.82, 2.24) is 5.43 Å². The molecule has 0 unspecified atom stereocenters. The molecule has 1 heterocycles. The average Bonchev–Trinajstić information content (AvgIpc) is 2.48. The highest BCUT2D eigenvalue weighted by molar-refractivity contribution is 6.15. The molecule has 0 bridgehead atoms. The molecule has 18 heavy (non-hydrogen) atoms. The minimum Gasteiger partial charge on any atom is -0.258 e. The zero-order valence-electron chi connectivity index (χ0n) is 9.78. The second kappa shape index (κ2) is 3.77. The van der Waals surface area contributed by atoms with Crippen molar-refractivity contribution in [3.63, 3.8) is 0 Å². The summed E-state index contributed by atoms with van der Waals surface area (Å²) in [5.74, 6) is 0. The molecule has 0 aromatic heterocycles. The van der Waals surface area contributed by atoms with Gasteiger partial charge in [0.25, 0.3) is 5.69 Å². The van der Waals surface area contributed by atoms with E-state index in [2.05, 4.69) is 5.43 Å². The monoisotopic (exact) mass is 251 g/mol. The highest BCUT2D eigenvalue weighted by Gasteiger charge is 2.49. The summed E-state index contributed by atoms with van der Waals surface area (Å²) in [6, 6.07) is 4.35. The SMILES string of the molecule is C[N+]1(C)NC(=O)N(c2ccccc2[N+](=O)[O-])C1=O. The van der Waals surface area contributed by atoms with Crippen molar-refractivity contribution < 1.29 is 19.1 Å². The number of nitrogens with zero attached hydrogens (tertiary/aromatic N) is 3. The highest BCUT2D eigenvalue weighted by atomic mass is 16.6. The molecule has 1 N–H and O–H groups in total. The zero-order chi connectivity index (χ0) is 13.5. The van der Waals surface area contributed by atoms with Gasteiger partial charge in [0.2, 0.25) is 0 Å². The number of benzene rings is 1. The highest BCUT2D eigenvalue weighted by Crippen LogP contribution is 2.30. The predicted octanol–water partition coefficient (Wildman–Crippen LogP) is 1.24. The number of hydrogen-bond donors (Lipinski definition) is 1. The Morgan fingerprint density at radius 2 is 1.89 bits per heavy atom. The topological polar surface area (TPSA) is 92.6 Å². The quantitative estimate of drug-likeness (QED) is 0.486. The molecule has 0 atom stereocenters. The van der Waals surface area contributed by atoms with E-state index in [1.165, 1.54) is 38.4 Å². The van der Waals surface area contributed by atoms with Crippen molar-refractivity contribution in [3.8, 4) is 0 Å². The number of quaternary nitrogens is 1. The summed E-state index contributed by atoms with van der Waals surface area (Å²) in [5, 5.41) is 10.9. The van der Waals surface area contributed by atoms with Crippen LogP contribution in [0, 0.1) is 10.1 Å². The van der Waals surface area contributed by atoms with Crippen LogP contribution in [-0.2, 0) is 0 Å². The van der Waals surface area contributed by atoms with Crippen molar-refractivity contribution in [3.05, 3.63) is 34.4 Å². The van der Waals surface area contributed by atoms with Gasteiger partial charge in [0.1, 0.15) is 19.8 Å². The molecule has 1 fully saturated rings. The van der Waals surface area contributed by atoms with E-state index in [0.29, 0.717) is 0 Å². The molecular formula is C10H11N4O4+. The maximum atomic E-state index is 12.0. The molecule has 2 rings (SSSR count). The van der Waals surface area contributed by atoms with Crippen molar-refractivity contribution in [2.75, 3.05) is 19.0 Å². The van der Waals surface area contributed by atoms with Gasteiger partial charge in [0, 0.05) is 6.07 Å². The van der Waals surface area contributed by atoms with Crippen molar-refractivity contribution in [2.24, 2.45) is 0 Å². The Labute approximate surface area is 102 Å². The van der Waals surface area contributed by atoms with Gasteiger partial charge in [-0.1, -0.05) is 12.1 Å². The predicted molar refractivity (Wildman–Crippen MR) is 61.6 cm³/mol. The number of rotatable bonds is 2. The van der Waals surface area contributed by atoms with Crippen molar-refractivity contribution in [1.29, 1.82) is 0 Å². The van der Waals surface area contributed by atoms with Crippen molar-refractivity contribution in [2.45, 2.75) is 0 Å². The molecule has 1 saturated heterocycles. The number of carbonyl (C=O) groups excluding carboxylic acids is 2. The van der Waals surface area contributed by atoms with Crippen LogP contribution in [0.4, 0.5) is 21.0 Å². The van der Waals surface area contributed by atoms with Crippen LogP contribution in [0.3, 0.4) is 0 Å². The molecule has 0 saturated carbocycles. The lowest BCUT2D eigenvalue weighted by molar-refractivity contribution is -0.838. The molecule has 8 nitrogen and oxygen atoms in total. The maximum Gasteiger partial charge on any atom is 0.456 e. The summed E-state index contributed by atoms with van der Waals surface area (Å²) >= 11 is 0. The number of amides is 4. The van der Waals surface area contributed by atoms with E-state index >= 15 is 0 Å². The first-order valence-corrected chi connectivity index (χ1v) is 5.09. The van der Waals surface area contributed by atoms with E-state index in [0.717, 1.165) is 4.90 Å². The molecule has 1 aliphatic rings. The second-order valence-electron chi connectivity index (χ2n) is 4.23. The fourth-order valence-electron chi connectivity index (χ4n) is 1.69. The molecule has 0 spiro atoms. The number of nitro benzene ring substituents is 1. The molecule has 94 valence electrons. The summed E-state index contributed by atoms with van der Waals surface area (Å²) < 4.78 is -0.384. The van der Waals surface area contributed by atoms with Crippen LogP contribution < -0.4 is 10.3 Å². The fraction of sp³-hybridized carbons (Fsp3) is 0.200. The fourth-order valence-corrected chi connectivity index (χ4v) is 1.69. The smallest absolute Gasteiger partial charge is 0.258 e. The molecule has 4 amide bonds. The normalized spacial score (nSPS) is 17.8. The van der Waals surface area contributed by atoms with Crippen LogP contribution in [0.1, 0.15) is 0 Å². The number of hydrogen-bond acceptors (Lipinski definition) is 4. The lowest BCUT2D eigenvalue weighted by Gasteiger charge is -2.16. The third-order valence-corrected chi connectivity index (χ3v) is 2.57. The summed E-state index contributed by atoms with van der Waals surface area (Å²) in [4.78, 5) is 34.8. The third-order valence-electron chi connectivity index (χ3n) is 2.57. The van der Waals surface area contributed by atoms with E-state index in [4.69, 9.17) is 0 Å². The number of carbonyl (C=O) groups is 2. The third kappa shape index (κ3) is 1.68. The number of nitro groups is 1. The van der Waals surface area contributed by atoms with Gasteiger partial charge >= 0.3 is 12.1 Å². The maximum absolute atomic E-state index is 12.0. The summed E-state index contributed by atoms with van der Waals surface area (Å²) in [6.45, 7) is 0. The van der Waals surface area contributed by atoms with Crippen LogP contribution in [-0.4, -0.2) is 35.7 Å². The molecule has 1 aromatic rings. The van der Waals surface area contributed by atoms with Gasteiger partial charge in [-0.3, -0.25) is 10.1 Å². The first-order valence-electron chi connectivity index (χ1n) is 5.09. The van der Waals surface area contributed by atoms with Gasteiger partial charge in [-0.05, 0) is 6.07 Å². The van der Waals surface area contributed by atoms with Gasteiger partial charge in [-0.2, -0.15) is 10.3 Å². The average molecular weight is 251 g/mol. The molecule has 0 aliphatic carbocycles. The molecular weight excluding hydrogens is 240 g/mol. The van der Waals surface area contributed by atoms with Crippen LogP contribution in [0.5, 0.6) is 0 Å². The minimum atomic E-state index is -0.681. The summed E-state index contributed by atoms with van der Waals surface area (Å²) in [5.41, 5.74) is 2.09. The number of urea groups is 2. The van der Waals surface area contributed by atoms with Gasteiger partial charge < -0.3 is 0 Å². The lowest BCUT2D eigenvalue weighted by Crippen LogP contribution is -2.50. The Hall–Kier alpha value is -2.48. The molecule has 8 heteroatoms. The Morgan fingerprint density at radius 3 is 2.39 bits per heavy atom. The second-order valence-corrected chi connectivity index (χ2v) is 4.23. The van der Waals surface area contributed by atoms with Crippen LogP contribution in [0.25, 0.3) is 0 Å². The first kappa shape index (κ1) is 12.0. The Kier molecular flexibility index (Phi) is 2.51. The Balaban J connectivity index is 2.54. The van der Waals surface area contributed by atoms with E-state index in [1.807, 2.05) is 0 Å². The number of nitrogens with one attached hydrogen (secondary N) is 1. The van der Waals surface area contributed by atoms with Crippen molar-refractivity contribution >= 4 is 23.4 Å². The van der Waals surface area contributed by atoms with E-state index in [1.54, 1.807) is 0 Å². The number of imide groups is 1. The molecule has 1 aromatic carbocycles. The van der Waals surface area contributed by atoms with Crippen LogP contribution >= 0.6 is 0 Å². The number of para-hydroxylation sites is 2. The van der Waals surface area contributed by atoms with Gasteiger partial charge in [-0.15, -0.1) is 4.59 Å². The zero-order valence-corrected chi connectivity index (χ0v) is 9.78. The van der Waals surface area contributed by atoms with Gasteiger partial charge in [0.15, 0.2) is 0 Å². The Bertz CT molecular complexity index is 555. The molecule has 1 aliphatic heterocycles. The summed E-state index contributed by atoms with van der Waals surface area (Å²) in [7, 11) is 2.96. The van der Waals surface area contributed by atoms with Crippen LogP contribution in [0.2, 0.25) is 0 Å². The van der Waals surface area contributed by atoms with Crippen LogP contribution in [0.15, 0.2) is 24.3 Å². The van der Waals surface area contributed by atoms with E-state index < -0.39 is 17.0 Å². The first-order chi connectivity index (χ1) is 8.34. The molecule has 0 radical (unpaired) electrons. The Morgan fingerprint density at radius 1 is 1.28 bits per heavy atom. The largest absolute Gasteiger partial charge is 0.456 e. The van der Waals surface area contributed by atoms with E-state index in [-0.39, 0.29) is 16.0 Å². The van der Waals surface area contributed by atoms with Gasteiger partial charge in [0.05, 0.1) is 4.92 Å². The summed E-state index contributed by atoms with van der Waals surface area (Å²) in [6.07, 6.45) is 0. The van der Waals surface area contributed by atoms with Gasteiger partial charge in [-0.25, -0.2) is 9.59 Å². The minimum absolute atomic E-state index is 0.0336. The van der Waals surface area contributed by atoms with E-state index in [9.17, 15) is 19.7 Å². The standard InChI is InChI=1S/C10H10N4O4/c1-14(2)10(16)12(9(15)11-14)7-5-3-4-6-8(7)13(17)18/h3-6H,1-2H3/p+1.